The fraction of sp³-hybridized carbons (Fsp3) is 0.625. The van der Waals surface area contributed by atoms with Gasteiger partial charge in [-0.3, -0.25) is 0 Å². The molecule has 1 fully saturated rings. The highest BCUT2D eigenvalue weighted by Gasteiger charge is 2.40. The first-order valence-electron chi connectivity index (χ1n) is 7.37. The van der Waals surface area contributed by atoms with E-state index in [9.17, 15) is 0 Å². The topological polar surface area (TPSA) is 21.3 Å². The van der Waals surface area contributed by atoms with Gasteiger partial charge in [-0.05, 0) is 42.4 Å². The summed E-state index contributed by atoms with van der Waals surface area (Å²) in [4.78, 5) is 0. The first kappa shape index (κ1) is 13.4. The average Bonchev–Trinajstić information content (AvgIpc) is 2.97. The molecule has 0 spiro atoms. The number of hydrogen-bond donors (Lipinski definition) is 1. The Morgan fingerprint density at radius 2 is 2.21 bits per heavy atom. The lowest BCUT2D eigenvalue weighted by atomic mass is 10.0. The van der Waals surface area contributed by atoms with Gasteiger partial charge in [0.1, 0.15) is 5.75 Å². The van der Waals surface area contributed by atoms with Gasteiger partial charge in [-0.2, -0.15) is 0 Å². The molecule has 0 amide bonds. The van der Waals surface area contributed by atoms with Crippen LogP contribution in [-0.4, -0.2) is 13.2 Å². The number of nitrogens with one attached hydrogen (secondary N) is 1. The molecule has 0 radical (unpaired) electrons. The normalized spacial score (nSPS) is 19.1. The van der Waals surface area contributed by atoms with E-state index in [0.717, 1.165) is 31.9 Å². The molecule has 1 aromatic carbocycles. The van der Waals surface area contributed by atoms with Crippen LogP contribution < -0.4 is 10.1 Å². The number of ether oxygens (including phenoxy) is 1. The van der Waals surface area contributed by atoms with Crippen molar-refractivity contribution in [3.05, 3.63) is 27.7 Å². The molecule has 1 aromatic rings. The minimum Gasteiger partial charge on any atom is -0.493 e. The molecule has 2 nitrogen and oxygen atoms in total. The van der Waals surface area contributed by atoms with Gasteiger partial charge in [-0.15, -0.1) is 0 Å². The van der Waals surface area contributed by atoms with Crippen LogP contribution in [0.3, 0.4) is 0 Å². The van der Waals surface area contributed by atoms with E-state index >= 15 is 0 Å². The van der Waals surface area contributed by atoms with Crippen molar-refractivity contribution in [3.8, 4) is 5.75 Å². The maximum Gasteiger partial charge on any atom is 0.127 e. The van der Waals surface area contributed by atoms with E-state index in [1.54, 1.807) is 0 Å². The number of rotatable bonds is 6. The van der Waals surface area contributed by atoms with Crippen LogP contribution in [0.25, 0.3) is 0 Å². The third-order valence-corrected chi connectivity index (χ3v) is 4.84. The molecule has 2 aliphatic rings. The van der Waals surface area contributed by atoms with Crippen LogP contribution in [0, 0.1) is 5.41 Å². The van der Waals surface area contributed by atoms with Gasteiger partial charge in [0.15, 0.2) is 0 Å². The standard InChI is InChI=1S/C16H22BrNO/c1-2-4-16(5-6-16)11-18-10-13-9-14(17)8-12-3-7-19-15(12)13/h8-9,18H,2-7,10-11H2,1H3. The van der Waals surface area contributed by atoms with Crippen molar-refractivity contribution in [2.45, 2.75) is 45.6 Å². The third kappa shape index (κ3) is 2.97. The first-order valence-corrected chi connectivity index (χ1v) is 8.17. The molecule has 0 bridgehead atoms. The van der Waals surface area contributed by atoms with E-state index in [0.29, 0.717) is 5.41 Å². The van der Waals surface area contributed by atoms with Gasteiger partial charge in [-0.25, -0.2) is 0 Å². The minimum atomic E-state index is 0.616. The molecule has 0 aromatic heterocycles. The van der Waals surface area contributed by atoms with Crippen molar-refractivity contribution < 1.29 is 4.74 Å². The number of fused-ring (bicyclic) bond motifs is 1. The Hall–Kier alpha value is -0.540. The molecule has 3 heteroatoms. The Bertz CT molecular complexity index is 468. The molecule has 0 atom stereocenters. The predicted molar refractivity (Wildman–Crippen MR) is 81.6 cm³/mol. The zero-order valence-electron chi connectivity index (χ0n) is 11.6. The maximum absolute atomic E-state index is 5.77. The molecule has 1 saturated carbocycles. The fourth-order valence-electron chi connectivity index (χ4n) is 3.16. The zero-order valence-corrected chi connectivity index (χ0v) is 13.2. The summed E-state index contributed by atoms with van der Waals surface area (Å²) in [5.41, 5.74) is 3.26. The molecule has 1 aliphatic carbocycles. The van der Waals surface area contributed by atoms with Crippen LogP contribution in [0.5, 0.6) is 5.75 Å². The number of benzene rings is 1. The highest BCUT2D eigenvalue weighted by Crippen LogP contribution is 2.49. The molecular weight excluding hydrogens is 302 g/mol. The highest BCUT2D eigenvalue weighted by atomic mass is 79.9. The summed E-state index contributed by atoms with van der Waals surface area (Å²) in [6.07, 6.45) is 6.52. The Morgan fingerprint density at radius 3 is 2.95 bits per heavy atom. The second kappa shape index (κ2) is 5.45. The molecule has 3 rings (SSSR count). The van der Waals surface area contributed by atoms with E-state index < -0.39 is 0 Å². The monoisotopic (exact) mass is 323 g/mol. The Kier molecular flexibility index (Phi) is 3.86. The van der Waals surface area contributed by atoms with Crippen LogP contribution in [0.1, 0.15) is 43.7 Å². The van der Waals surface area contributed by atoms with Crippen LogP contribution in [0.2, 0.25) is 0 Å². The summed E-state index contributed by atoms with van der Waals surface area (Å²) in [5.74, 6) is 1.12. The summed E-state index contributed by atoms with van der Waals surface area (Å²) >= 11 is 3.60. The van der Waals surface area contributed by atoms with Gasteiger partial charge in [-0.1, -0.05) is 29.3 Å². The zero-order chi connectivity index (χ0) is 13.3. The maximum atomic E-state index is 5.77. The van der Waals surface area contributed by atoms with E-state index in [-0.39, 0.29) is 0 Å². The van der Waals surface area contributed by atoms with Gasteiger partial charge < -0.3 is 10.1 Å². The van der Waals surface area contributed by atoms with Crippen molar-refractivity contribution >= 4 is 15.9 Å². The van der Waals surface area contributed by atoms with E-state index in [1.807, 2.05) is 0 Å². The lowest BCUT2D eigenvalue weighted by molar-refractivity contribution is 0.350. The van der Waals surface area contributed by atoms with Crippen molar-refractivity contribution in [1.82, 2.24) is 5.32 Å². The van der Waals surface area contributed by atoms with Crippen molar-refractivity contribution in [3.63, 3.8) is 0 Å². The average molecular weight is 324 g/mol. The lowest BCUT2D eigenvalue weighted by Crippen LogP contribution is -2.23. The van der Waals surface area contributed by atoms with Crippen LogP contribution in [-0.2, 0) is 13.0 Å². The van der Waals surface area contributed by atoms with Crippen LogP contribution in [0.4, 0.5) is 0 Å². The molecule has 1 heterocycles. The van der Waals surface area contributed by atoms with Gasteiger partial charge >= 0.3 is 0 Å². The highest BCUT2D eigenvalue weighted by molar-refractivity contribution is 9.10. The van der Waals surface area contributed by atoms with Crippen molar-refractivity contribution in [2.24, 2.45) is 5.41 Å². The molecule has 1 N–H and O–H groups in total. The van der Waals surface area contributed by atoms with Crippen molar-refractivity contribution in [1.29, 1.82) is 0 Å². The summed E-state index contributed by atoms with van der Waals surface area (Å²) in [6.45, 7) is 5.20. The van der Waals surface area contributed by atoms with Gasteiger partial charge in [0, 0.05) is 29.5 Å². The molecule has 19 heavy (non-hydrogen) atoms. The predicted octanol–water partition coefficient (Wildman–Crippen LogP) is 4.05. The first-order chi connectivity index (χ1) is 9.22. The summed E-state index contributed by atoms with van der Waals surface area (Å²) in [6, 6.07) is 4.38. The van der Waals surface area contributed by atoms with Gasteiger partial charge in [0.05, 0.1) is 6.61 Å². The number of halogens is 1. The SMILES string of the molecule is CCCC1(CNCc2cc(Br)cc3c2OCC3)CC1. The van der Waals surface area contributed by atoms with E-state index in [2.05, 4.69) is 40.3 Å². The second-order valence-corrected chi connectivity index (χ2v) is 6.92. The third-order valence-electron chi connectivity index (χ3n) is 4.38. The van der Waals surface area contributed by atoms with Gasteiger partial charge in [0.25, 0.3) is 0 Å². The Morgan fingerprint density at radius 1 is 1.37 bits per heavy atom. The summed E-state index contributed by atoms with van der Waals surface area (Å²) in [5, 5.41) is 3.65. The van der Waals surface area contributed by atoms with E-state index in [1.165, 1.54) is 41.3 Å². The molecule has 0 unspecified atom stereocenters. The van der Waals surface area contributed by atoms with E-state index in [4.69, 9.17) is 4.74 Å². The molecule has 1 aliphatic heterocycles. The minimum absolute atomic E-state index is 0.616. The Labute approximate surface area is 124 Å². The molecule has 0 saturated heterocycles. The number of hydrogen-bond acceptors (Lipinski definition) is 2. The lowest BCUT2D eigenvalue weighted by Gasteiger charge is -2.16. The largest absolute Gasteiger partial charge is 0.493 e. The molecule has 104 valence electrons. The van der Waals surface area contributed by atoms with Gasteiger partial charge in [0.2, 0.25) is 0 Å². The fourth-order valence-corrected chi connectivity index (χ4v) is 3.71. The quantitative estimate of drug-likeness (QED) is 0.852. The smallest absolute Gasteiger partial charge is 0.127 e. The summed E-state index contributed by atoms with van der Waals surface area (Å²) in [7, 11) is 0. The second-order valence-electron chi connectivity index (χ2n) is 6.01. The molecular formula is C16H22BrNO. The summed E-state index contributed by atoms with van der Waals surface area (Å²) < 4.78 is 6.94. The Balaban J connectivity index is 1.61. The van der Waals surface area contributed by atoms with Crippen molar-refractivity contribution in [2.75, 3.05) is 13.2 Å². The van der Waals surface area contributed by atoms with Crippen LogP contribution >= 0.6 is 15.9 Å². The van der Waals surface area contributed by atoms with Crippen LogP contribution in [0.15, 0.2) is 16.6 Å².